The Hall–Kier alpha value is -3.03. The summed E-state index contributed by atoms with van der Waals surface area (Å²) in [5.74, 6) is -0.913. The van der Waals surface area contributed by atoms with Gasteiger partial charge in [0.15, 0.2) is 10.6 Å². The smallest absolute Gasteiger partial charge is 0.297 e. The van der Waals surface area contributed by atoms with Crippen LogP contribution in [0.2, 0.25) is 5.02 Å². The van der Waals surface area contributed by atoms with Crippen molar-refractivity contribution in [1.29, 1.82) is 0 Å². The van der Waals surface area contributed by atoms with E-state index in [2.05, 4.69) is 4.98 Å². The fraction of sp³-hybridized carbons (Fsp3) is 0.0500. The fourth-order valence-corrected chi connectivity index (χ4v) is 4.28. The molecule has 1 aliphatic heterocycles. The first-order valence-corrected chi connectivity index (χ1v) is 9.55. The number of halogens is 2. The first kappa shape index (κ1) is 17.1. The second-order valence-electron chi connectivity index (χ2n) is 6.26. The third-order valence-electron chi connectivity index (χ3n) is 4.64. The van der Waals surface area contributed by atoms with Gasteiger partial charge in [0.25, 0.3) is 5.91 Å². The molecule has 5 nitrogen and oxygen atoms in total. The summed E-state index contributed by atoms with van der Waals surface area (Å²) in [5, 5.41) is 2.83. The molecule has 5 rings (SSSR count). The SMILES string of the molecule is O=C1c2oc3ccc(Cl)cc3c(=O)c2[C@H](c2ccc(F)cc2)N1c1nccs1. The molecule has 0 saturated heterocycles. The predicted octanol–water partition coefficient (Wildman–Crippen LogP) is 4.79. The number of amides is 1. The lowest BCUT2D eigenvalue weighted by atomic mass is 9.99. The highest BCUT2D eigenvalue weighted by Gasteiger charge is 2.44. The number of rotatable bonds is 2. The van der Waals surface area contributed by atoms with E-state index in [1.807, 2.05) is 0 Å². The van der Waals surface area contributed by atoms with Crippen molar-refractivity contribution in [3.63, 3.8) is 0 Å². The van der Waals surface area contributed by atoms with E-state index in [-0.39, 0.29) is 27.7 Å². The first-order valence-electron chi connectivity index (χ1n) is 8.29. The number of hydrogen-bond acceptors (Lipinski definition) is 5. The van der Waals surface area contributed by atoms with Crippen LogP contribution in [0, 0.1) is 5.82 Å². The molecule has 3 heterocycles. The summed E-state index contributed by atoms with van der Waals surface area (Å²) in [4.78, 5) is 32.1. The van der Waals surface area contributed by atoms with E-state index < -0.39 is 17.8 Å². The van der Waals surface area contributed by atoms with Crippen molar-refractivity contribution in [3.8, 4) is 0 Å². The number of benzene rings is 2. The number of carbonyl (C=O) groups excluding carboxylic acids is 1. The Morgan fingerprint density at radius 1 is 1.14 bits per heavy atom. The Bertz CT molecular complexity index is 1290. The number of hydrogen-bond donors (Lipinski definition) is 0. The number of nitrogens with zero attached hydrogens (tertiary/aromatic N) is 2. The summed E-state index contributed by atoms with van der Waals surface area (Å²) in [6, 6.07) is 9.57. The van der Waals surface area contributed by atoms with Crippen LogP contribution in [0.25, 0.3) is 11.0 Å². The third-order valence-corrected chi connectivity index (χ3v) is 5.65. The van der Waals surface area contributed by atoms with Crippen LogP contribution in [-0.4, -0.2) is 10.9 Å². The minimum Gasteiger partial charge on any atom is -0.450 e. The van der Waals surface area contributed by atoms with Gasteiger partial charge in [-0.3, -0.25) is 14.5 Å². The minimum atomic E-state index is -0.770. The van der Waals surface area contributed by atoms with Gasteiger partial charge in [-0.1, -0.05) is 23.7 Å². The highest BCUT2D eigenvalue weighted by molar-refractivity contribution is 7.13. The lowest BCUT2D eigenvalue weighted by molar-refractivity contribution is 0.0971. The molecule has 138 valence electrons. The zero-order valence-electron chi connectivity index (χ0n) is 14.1. The van der Waals surface area contributed by atoms with Gasteiger partial charge in [-0.05, 0) is 35.9 Å². The Labute approximate surface area is 166 Å². The monoisotopic (exact) mass is 412 g/mol. The normalized spacial score (nSPS) is 16.0. The Kier molecular flexibility index (Phi) is 3.82. The lowest BCUT2D eigenvalue weighted by Crippen LogP contribution is -2.29. The van der Waals surface area contributed by atoms with E-state index in [4.69, 9.17) is 16.0 Å². The number of carbonyl (C=O) groups is 1. The molecule has 28 heavy (non-hydrogen) atoms. The molecule has 2 aromatic heterocycles. The van der Waals surface area contributed by atoms with Crippen molar-refractivity contribution in [2.75, 3.05) is 4.90 Å². The molecule has 1 amide bonds. The molecule has 0 N–H and O–H groups in total. The highest BCUT2D eigenvalue weighted by atomic mass is 35.5. The van der Waals surface area contributed by atoms with Gasteiger partial charge >= 0.3 is 0 Å². The molecule has 0 fully saturated rings. The number of fused-ring (bicyclic) bond motifs is 2. The number of aromatic nitrogens is 1. The van der Waals surface area contributed by atoms with Crippen molar-refractivity contribution in [2.24, 2.45) is 0 Å². The maximum atomic E-state index is 13.5. The quantitative estimate of drug-likeness (QED) is 0.474. The van der Waals surface area contributed by atoms with Crippen LogP contribution < -0.4 is 10.3 Å². The van der Waals surface area contributed by atoms with Crippen LogP contribution in [0.15, 0.2) is 63.3 Å². The van der Waals surface area contributed by atoms with Gasteiger partial charge in [0.2, 0.25) is 5.76 Å². The fourth-order valence-electron chi connectivity index (χ4n) is 3.44. The summed E-state index contributed by atoms with van der Waals surface area (Å²) in [5.41, 5.74) is 0.708. The summed E-state index contributed by atoms with van der Waals surface area (Å²) >= 11 is 7.31. The average molecular weight is 413 g/mol. The Morgan fingerprint density at radius 2 is 1.93 bits per heavy atom. The van der Waals surface area contributed by atoms with Gasteiger partial charge < -0.3 is 4.42 Å². The van der Waals surface area contributed by atoms with Crippen molar-refractivity contribution in [2.45, 2.75) is 6.04 Å². The maximum Gasteiger partial charge on any atom is 0.297 e. The van der Waals surface area contributed by atoms with Crippen molar-refractivity contribution >= 4 is 44.9 Å². The van der Waals surface area contributed by atoms with E-state index >= 15 is 0 Å². The van der Waals surface area contributed by atoms with E-state index in [9.17, 15) is 14.0 Å². The van der Waals surface area contributed by atoms with Crippen LogP contribution in [0.4, 0.5) is 9.52 Å². The summed E-state index contributed by atoms with van der Waals surface area (Å²) in [6.07, 6.45) is 1.57. The van der Waals surface area contributed by atoms with Crippen LogP contribution in [0.3, 0.4) is 0 Å². The molecule has 1 atom stereocenters. The van der Waals surface area contributed by atoms with Crippen LogP contribution in [-0.2, 0) is 0 Å². The molecule has 0 spiro atoms. The van der Waals surface area contributed by atoms with E-state index in [1.165, 1.54) is 34.4 Å². The first-order chi connectivity index (χ1) is 13.5. The summed E-state index contributed by atoms with van der Waals surface area (Å²) in [6.45, 7) is 0. The third kappa shape index (κ3) is 2.47. The van der Waals surface area contributed by atoms with Gasteiger partial charge in [0.05, 0.1) is 17.0 Å². The van der Waals surface area contributed by atoms with Crippen LogP contribution in [0.1, 0.15) is 27.7 Å². The van der Waals surface area contributed by atoms with Gasteiger partial charge in [-0.15, -0.1) is 11.3 Å². The Morgan fingerprint density at radius 3 is 2.64 bits per heavy atom. The molecule has 0 aliphatic carbocycles. The molecule has 8 heteroatoms. The van der Waals surface area contributed by atoms with Crippen molar-refractivity contribution < 1.29 is 13.6 Å². The van der Waals surface area contributed by atoms with Crippen molar-refractivity contribution in [3.05, 3.63) is 92.0 Å². The minimum absolute atomic E-state index is 0.0376. The zero-order chi connectivity index (χ0) is 19.4. The molecule has 4 aromatic rings. The van der Waals surface area contributed by atoms with Gasteiger partial charge in [-0.2, -0.15) is 0 Å². The zero-order valence-corrected chi connectivity index (χ0v) is 15.6. The van der Waals surface area contributed by atoms with Crippen molar-refractivity contribution in [1.82, 2.24) is 4.98 Å². The molecule has 0 unspecified atom stereocenters. The second-order valence-corrected chi connectivity index (χ2v) is 7.57. The Balaban J connectivity index is 1.83. The standard InChI is InChI=1S/C20H10ClFN2O3S/c21-11-3-6-14-13(9-11)17(25)15-16(10-1-4-12(22)5-2-10)24(19(26)18(15)27-14)20-23-7-8-28-20/h1-9,16H/t16-/m0/s1. The number of anilines is 1. The molecule has 0 bridgehead atoms. The van der Waals surface area contributed by atoms with Gasteiger partial charge in [0, 0.05) is 16.6 Å². The summed E-state index contributed by atoms with van der Waals surface area (Å²) in [7, 11) is 0. The molecule has 0 saturated carbocycles. The van der Waals surface area contributed by atoms with E-state index in [1.54, 1.807) is 35.8 Å². The molecular formula is C20H10ClFN2O3S. The van der Waals surface area contributed by atoms with Gasteiger partial charge in [-0.25, -0.2) is 9.37 Å². The molecule has 0 radical (unpaired) electrons. The predicted molar refractivity (Wildman–Crippen MR) is 105 cm³/mol. The molecule has 2 aromatic carbocycles. The van der Waals surface area contributed by atoms with E-state index in [0.29, 0.717) is 15.7 Å². The lowest BCUT2D eigenvalue weighted by Gasteiger charge is -2.22. The molecular weight excluding hydrogens is 403 g/mol. The van der Waals surface area contributed by atoms with Gasteiger partial charge in [0.1, 0.15) is 11.4 Å². The summed E-state index contributed by atoms with van der Waals surface area (Å²) < 4.78 is 19.3. The topological polar surface area (TPSA) is 63.4 Å². The highest BCUT2D eigenvalue weighted by Crippen LogP contribution is 2.41. The largest absolute Gasteiger partial charge is 0.450 e. The average Bonchev–Trinajstić information content (AvgIpc) is 3.30. The molecule has 1 aliphatic rings. The van der Waals surface area contributed by atoms with E-state index in [0.717, 1.165) is 0 Å². The van der Waals surface area contributed by atoms with Crippen LogP contribution in [0.5, 0.6) is 0 Å². The second kappa shape index (κ2) is 6.25. The number of thiazole rings is 1. The van der Waals surface area contributed by atoms with Crippen LogP contribution >= 0.6 is 22.9 Å². The maximum absolute atomic E-state index is 13.5.